The monoisotopic (exact) mass is 340 g/mol. The van der Waals surface area contributed by atoms with Crippen molar-refractivity contribution in [2.75, 3.05) is 31.3 Å². The first kappa shape index (κ1) is 23.1. The van der Waals surface area contributed by atoms with E-state index in [2.05, 4.69) is 4.18 Å². The van der Waals surface area contributed by atoms with E-state index >= 15 is 0 Å². The van der Waals surface area contributed by atoms with Crippen molar-refractivity contribution < 1.29 is 59.9 Å². The van der Waals surface area contributed by atoms with Crippen molar-refractivity contribution in [3.8, 4) is 0 Å². The number of hydrogen-bond acceptors (Lipinski definition) is 7. The van der Waals surface area contributed by atoms with Crippen LogP contribution in [-0.2, 0) is 29.2 Å². The van der Waals surface area contributed by atoms with Gasteiger partial charge in [-0.3, -0.25) is 4.18 Å². The molecule has 0 aromatic rings. The molecule has 0 saturated heterocycles. The van der Waals surface area contributed by atoms with Crippen LogP contribution in [0.4, 0.5) is 0 Å². The summed E-state index contributed by atoms with van der Waals surface area (Å²) in [6.45, 7) is 2.53. The SMILES string of the molecule is CCOS(=O)(=O)CCCCOCCCCS(=O)(=O)[O-].[Na+]. The van der Waals surface area contributed by atoms with Crippen LogP contribution < -0.4 is 29.6 Å². The molecule has 116 valence electrons. The quantitative estimate of drug-likeness (QED) is 0.167. The molecule has 0 aromatic carbocycles. The van der Waals surface area contributed by atoms with Gasteiger partial charge in [0.1, 0.15) is 0 Å². The predicted octanol–water partition coefficient (Wildman–Crippen LogP) is -2.52. The number of rotatable bonds is 12. The summed E-state index contributed by atoms with van der Waals surface area (Å²) in [6, 6.07) is 0. The average molecular weight is 340 g/mol. The molecule has 0 N–H and O–H groups in total. The van der Waals surface area contributed by atoms with Crippen LogP contribution in [0.5, 0.6) is 0 Å². The van der Waals surface area contributed by atoms with E-state index < -0.39 is 20.2 Å². The van der Waals surface area contributed by atoms with Gasteiger partial charge in [-0.15, -0.1) is 0 Å². The van der Waals surface area contributed by atoms with E-state index in [-0.39, 0.29) is 54.1 Å². The molecule has 0 spiro atoms. The molecule has 0 saturated carbocycles. The van der Waals surface area contributed by atoms with Crippen LogP contribution in [0.15, 0.2) is 0 Å². The average Bonchev–Trinajstić information content (AvgIpc) is 2.25. The summed E-state index contributed by atoms with van der Waals surface area (Å²) in [5.74, 6) is -0.401. The molecule has 0 aliphatic heterocycles. The van der Waals surface area contributed by atoms with Crippen molar-refractivity contribution in [3.63, 3.8) is 0 Å². The van der Waals surface area contributed by atoms with E-state index in [9.17, 15) is 21.4 Å². The van der Waals surface area contributed by atoms with Crippen LogP contribution in [0.25, 0.3) is 0 Å². The fourth-order valence-corrected chi connectivity index (χ4v) is 2.90. The van der Waals surface area contributed by atoms with E-state index in [0.29, 0.717) is 32.5 Å². The number of hydrogen-bond donors (Lipinski definition) is 0. The van der Waals surface area contributed by atoms with Gasteiger partial charge >= 0.3 is 29.6 Å². The molecular weight excluding hydrogens is 319 g/mol. The largest absolute Gasteiger partial charge is 1.00 e. The molecule has 0 aliphatic carbocycles. The molecule has 0 fully saturated rings. The molecule has 0 atom stereocenters. The van der Waals surface area contributed by atoms with Crippen LogP contribution in [-0.4, -0.2) is 52.7 Å². The second-order valence-corrected chi connectivity index (χ2v) is 7.24. The first-order valence-electron chi connectivity index (χ1n) is 6.15. The maximum Gasteiger partial charge on any atom is 1.00 e. The van der Waals surface area contributed by atoms with Crippen LogP contribution >= 0.6 is 0 Å². The van der Waals surface area contributed by atoms with Crippen LogP contribution in [0.3, 0.4) is 0 Å². The van der Waals surface area contributed by atoms with E-state index in [1.165, 1.54) is 0 Å². The zero-order chi connectivity index (χ0) is 14.8. The molecule has 0 unspecified atom stereocenters. The van der Waals surface area contributed by atoms with E-state index in [1.807, 2.05) is 0 Å². The van der Waals surface area contributed by atoms with Gasteiger partial charge in [-0.05, 0) is 32.6 Å². The Labute approximate surface area is 143 Å². The molecule has 0 aromatic heterocycles. The minimum Gasteiger partial charge on any atom is -0.748 e. The smallest absolute Gasteiger partial charge is 0.748 e. The number of ether oxygens (including phenoxy) is 1. The molecule has 0 radical (unpaired) electrons. The molecule has 0 heterocycles. The molecule has 7 nitrogen and oxygen atoms in total. The van der Waals surface area contributed by atoms with E-state index in [4.69, 9.17) is 4.74 Å². The van der Waals surface area contributed by atoms with Gasteiger partial charge in [0.05, 0.1) is 22.5 Å². The predicted molar refractivity (Wildman–Crippen MR) is 69.3 cm³/mol. The van der Waals surface area contributed by atoms with Crippen LogP contribution in [0.1, 0.15) is 32.6 Å². The molecule has 0 aliphatic rings. The normalized spacial score (nSPS) is 12.1. The van der Waals surface area contributed by atoms with Gasteiger partial charge in [-0.25, -0.2) is 8.42 Å². The van der Waals surface area contributed by atoms with Gasteiger partial charge < -0.3 is 9.29 Å². The molecule has 0 rings (SSSR count). The minimum atomic E-state index is -4.13. The summed E-state index contributed by atoms with van der Waals surface area (Å²) >= 11 is 0. The Morgan fingerprint density at radius 1 is 0.900 bits per heavy atom. The zero-order valence-corrected chi connectivity index (χ0v) is 15.7. The van der Waals surface area contributed by atoms with E-state index in [0.717, 1.165) is 0 Å². The van der Waals surface area contributed by atoms with Gasteiger partial charge in [0.2, 0.25) is 0 Å². The second-order valence-electron chi connectivity index (χ2n) is 3.96. The Kier molecular flexibility index (Phi) is 14.2. The Morgan fingerprint density at radius 3 is 1.85 bits per heavy atom. The summed E-state index contributed by atoms with van der Waals surface area (Å²) in [5, 5.41) is 0. The van der Waals surface area contributed by atoms with Gasteiger partial charge in [0.15, 0.2) is 0 Å². The molecular formula is C10H21NaO7S2. The first-order chi connectivity index (χ1) is 8.77. The third kappa shape index (κ3) is 16.8. The number of unbranched alkanes of at least 4 members (excludes halogenated alkanes) is 2. The Bertz CT molecular complexity index is 419. The fourth-order valence-electron chi connectivity index (χ4n) is 1.31. The summed E-state index contributed by atoms with van der Waals surface area (Å²) in [5.41, 5.74) is 0. The minimum absolute atomic E-state index is 0. The van der Waals surface area contributed by atoms with Crippen LogP contribution in [0, 0.1) is 0 Å². The second kappa shape index (κ2) is 12.3. The summed E-state index contributed by atoms with van der Waals surface area (Å²) in [4.78, 5) is 0. The van der Waals surface area contributed by atoms with Crippen LogP contribution in [0.2, 0.25) is 0 Å². The first-order valence-corrected chi connectivity index (χ1v) is 9.31. The summed E-state index contributed by atoms with van der Waals surface area (Å²) in [7, 11) is -7.54. The maximum absolute atomic E-state index is 11.1. The standard InChI is InChI=1S/C10H22O7S2.Na/c1-2-17-19(14,15)10-6-4-8-16-7-3-5-9-18(11,12)13;/h2-10H2,1H3,(H,11,12,13);/q;+1/p-1. The Hall–Kier alpha value is 0.780. The Morgan fingerprint density at radius 2 is 1.40 bits per heavy atom. The van der Waals surface area contributed by atoms with Gasteiger partial charge in [0.25, 0.3) is 10.1 Å². The molecule has 0 amide bonds. The van der Waals surface area contributed by atoms with Gasteiger partial charge in [-0.1, -0.05) is 0 Å². The fraction of sp³-hybridized carbons (Fsp3) is 1.00. The maximum atomic E-state index is 11.1. The topological polar surface area (TPSA) is 110 Å². The third-order valence-corrected chi connectivity index (χ3v) is 4.34. The summed E-state index contributed by atoms with van der Waals surface area (Å²) in [6.07, 6.45) is 1.83. The van der Waals surface area contributed by atoms with E-state index in [1.54, 1.807) is 6.92 Å². The van der Waals surface area contributed by atoms with Gasteiger partial charge in [0, 0.05) is 19.0 Å². The third-order valence-electron chi connectivity index (χ3n) is 2.16. The zero-order valence-electron chi connectivity index (χ0n) is 12.0. The van der Waals surface area contributed by atoms with Crippen molar-refractivity contribution in [1.29, 1.82) is 0 Å². The van der Waals surface area contributed by atoms with Crippen molar-refractivity contribution >= 4 is 20.2 Å². The molecule has 0 bridgehead atoms. The summed E-state index contributed by atoms with van der Waals surface area (Å²) < 4.78 is 62.9. The van der Waals surface area contributed by atoms with Crippen molar-refractivity contribution in [2.24, 2.45) is 0 Å². The van der Waals surface area contributed by atoms with Crippen molar-refractivity contribution in [3.05, 3.63) is 0 Å². The Balaban J connectivity index is 0. The van der Waals surface area contributed by atoms with Crippen molar-refractivity contribution in [2.45, 2.75) is 32.6 Å². The van der Waals surface area contributed by atoms with Crippen molar-refractivity contribution in [1.82, 2.24) is 0 Å². The molecule has 10 heteroatoms. The van der Waals surface area contributed by atoms with Gasteiger partial charge in [-0.2, -0.15) is 8.42 Å². The molecule has 20 heavy (non-hydrogen) atoms.